The van der Waals surface area contributed by atoms with Gasteiger partial charge >= 0.3 is 12.1 Å². The molecule has 1 N–H and O–H groups in total. The van der Waals surface area contributed by atoms with E-state index in [0.29, 0.717) is 5.82 Å². The fraction of sp³-hybridized carbons (Fsp3) is 0.400. The molecule has 0 unspecified atom stereocenters. The highest BCUT2D eigenvalue weighted by Crippen LogP contribution is 2.20. The zero-order valence-electron chi connectivity index (χ0n) is 9.15. The number of pyridine rings is 1. The average molecular weight is 261 g/mol. The summed E-state index contributed by atoms with van der Waals surface area (Å²) in [6, 6.07) is 5.20. The van der Waals surface area contributed by atoms with Crippen LogP contribution in [0.1, 0.15) is 0 Å². The van der Waals surface area contributed by atoms with E-state index in [0.717, 1.165) is 5.06 Å². The van der Waals surface area contributed by atoms with E-state index in [1.165, 1.54) is 0 Å². The Balaban J connectivity index is 1.73. The van der Waals surface area contributed by atoms with Crippen LogP contribution in [0.3, 0.4) is 0 Å². The number of nitrogens with zero attached hydrogens (tertiary/aromatic N) is 2. The van der Waals surface area contributed by atoms with Crippen molar-refractivity contribution in [1.29, 1.82) is 0 Å². The quantitative estimate of drug-likeness (QED) is 0.886. The van der Waals surface area contributed by atoms with Gasteiger partial charge in [-0.15, -0.1) is 5.06 Å². The van der Waals surface area contributed by atoms with Gasteiger partial charge in [-0.25, -0.2) is 9.78 Å². The lowest BCUT2D eigenvalue weighted by Gasteiger charge is -2.37. The molecule has 0 saturated carbocycles. The van der Waals surface area contributed by atoms with E-state index >= 15 is 0 Å². The summed E-state index contributed by atoms with van der Waals surface area (Å²) in [6.07, 6.45) is -3.36. The molecule has 18 heavy (non-hydrogen) atoms. The number of halogens is 3. The van der Waals surface area contributed by atoms with Gasteiger partial charge in [-0.1, -0.05) is 6.07 Å². The second kappa shape index (κ2) is 4.81. The number of aromatic nitrogens is 1. The monoisotopic (exact) mass is 261 g/mol. The molecule has 98 valence electrons. The van der Waals surface area contributed by atoms with E-state index in [4.69, 9.17) is 0 Å². The first kappa shape index (κ1) is 12.6. The number of hydrogen-bond acceptors (Lipinski definition) is 5. The molecule has 1 aromatic rings. The van der Waals surface area contributed by atoms with Crippen LogP contribution in [0.5, 0.6) is 0 Å². The zero-order chi connectivity index (χ0) is 13.2. The van der Waals surface area contributed by atoms with Crippen LogP contribution in [0.4, 0.5) is 19.0 Å². The summed E-state index contributed by atoms with van der Waals surface area (Å²) < 4.78 is 35.7. The molecule has 1 aliphatic rings. The topological polar surface area (TPSA) is 54.5 Å². The number of hydroxylamine groups is 2. The molecule has 0 amide bonds. The summed E-state index contributed by atoms with van der Waals surface area (Å²) in [6.45, 7) is 0.386. The van der Waals surface area contributed by atoms with Gasteiger partial charge in [-0.05, 0) is 12.1 Å². The van der Waals surface area contributed by atoms with Crippen LogP contribution in [0.15, 0.2) is 24.4 Å². The third-order valence-corrected chi connectivity index (χ3v) is 2.31. The molecule has 0 radical (unpaired) electrons. The maximum absolute atomic E-state index is 11.9. The van der Waals surface area contributed by atoms with Crippen molar-refractivity contribution >= 4 is 11.8 Å². The van der Waals surface area contributed by atoms with E-state index < -0.39 is 12.1 Å². The molecule has 8 heteroatoms. The molecule has 0 atom stereocenters. The van der Waals surface area contributed by atoms with Crippen molar-refractivity contribution < 1.29 is 22.8 Å². The van der Waals surface area contributed by atoms with Crippen molar-refractivity contribution in [1.82, 2.24) is 10.0 Å². The van der Waals surface area contributed by atoms with Gasteiger partial charge in [0.15, 0.2) is 0 Å². The van der Waals surface area contributed by atoms with Crippen LogP contribution in [0, 0.1) is 0 Å². The lowest BCUT2D eigenvalue weighted by Crippen LogP contribution is -2.56. The number of nitrogens with one attached hydrogen (secondary N) is 1. The highest BCUT2D eigenvalue weighted by atomic mass is 19.4. The smallest absolute Gasteiger partial charge is 0.364 e. The predicted octanol–water partition coefficient (Wildman–Crippen LogP) is 1.20. The van der Waals surface area contributed by atoms with Crippen molar-refractivity contribution in [2.45, 2.75) is 12.2 Å². The fourth-order valence-corrected chi connectivity index (χ4v) is 1.43. The molecule has 2 rings (SSSR count). The van der Waals surface area contributed by atoms with Crippen molar-refractivity contribution in [2.75, 3.05) is 18.4 Å². The van der Waals surface area contributed by atoms with Crippen molar-refractivity contribution in [2.24, 2.45) is 0 Å². The number of anilines is 1. The highest BCUT2D eigenvalue weighted by molar-refractivity contribution is 5.75. The minimum absolute atomic E-state index is 0.0825. The Hall–Kier alpha value is -1.83. The van der Waals surface area contributed by atoms with Gasteiger partial charge in [-0.3, -0.25) is 0 Å². The standard InChI is InChI=1S/C10H10F3N3O2/c11-10(12,13)9(17)18-16-5-7(6-16)15-8-3-1-2-4-14-8/h1-4,7H,5-6H2,(H,14,15). The molecule has 2 heterocycles. The molecule has 5 nitrogen and oxygen atoms in total. The van der Waals surface area contributed by atoms with Gasteiger partial charge in [0.05, 0.1) is 19.1 Å². The van der Waals surface area contributed by atoms with Gasteiger partial charge < -0.3 is 10.2 Å². The summed E-state index contributed by atoms with van der Waals surface area (Å²) in [4.78, 5) is 18.6. The summed E-state index contributed by atoms with van der Waals surface area (Å²) in [5.41, 5.74) is 0. The minimum Gasteiger partial charge on any atom is -0.364 e. The first-order valence-corrected chi connectivity index (χ1v) is 5.17. The Labute approximate surface area is 101 Å². The van der Waals surface area contributed by atoms with Crippen LogP contribution >= 0.6 is 0 Å². The van der Waals surface area contributed by atoms with Crippen molar-refractivity contribution in [3.8, 4) is 0 Å². The van der Waals surface area contributed by atoms with Gasteiger partial charge in [0.2, 0.25) is 0 Å². The second-order valence-corrected chi connectivity index (χ2v) is 3.78. The van der Waals surface area contributed by atoms with E-state index in [2.05, 4.69) is 15.1 Å². The number of alkyl halides is 3. The number of rotatable bonds is 3. The molecule has 0 aromatic carbocycles. The molecule has 0 bridgehead atoms. The predicted molar refractivity (Wildman–Crippen MR) is 55.4 cm³/mol. The van der Waals surface area contributed by atoms with Crippen molar-refractivity contribution in [3.05, 3.63) is 24.4 Å². The summed E-state index contributed by atoms with van der Waals surface area (Å²) in [7, 11) is 0. The van der Waals surface area contributed by atoms with E-state index in [-0.39, 0.29) is 19.1 Å². The van der Waals surface area contributed by atoms with E-state index in [9.17, 15) is 18.0 Å². The zero-order valence-corrected chi connectivity index (χ0v) is 9.15. The molecule has 1 fully saturated rings. The number of carbonyl (C=O) groups is 1. The molecule has 1 aromatic heterocycles. The first-order valence-electron chi connectivity index (χ1n) is 5.17. The Kier molecular flexibility index (Phi) is 3.37. The Morgan fingerprint density at radius 2 is 2.17 bits per heavy atom. The highest BCUT2D eigenvalue weighted by Gasteiger charge is 2.44. The molecular formula is C10H10F3N3O2. The van der Waals surface area contributed by atoms with E-state index in [1.54, 1.807) is 24.4 Å². The van der Waals surface area contributed by atoms with Gasteiger partial charge in [0, 0.05) is 6.20 Å². The molecule has 1 saturated heterocycles. The minimum atomic E-state index is -4.96. The third-order valence-electron chi connectivity index (χ3n) is 2.31. The Bertz CT molecular complexity index is 418. The second-order valence-electron chi connectivity index (χ2n) is 3.78. The van der Waals surface area contributed by atoms with Gasteiger partial charge in [0.1, 0.15) is 5.82 Å². The number of carbonyl (C=O) groups excluding carboxylic acids is 1. The van der Waals surface area contributed by atoms with Crippen LogP contribution in [-0.4, -0.2) is 41.3 Å². The van der Waals surface area contributed by atoms with Crippen LogP contribution in [0.2, 0.25) is 0 Å². The Morgan fingerprint density at radius 1 is 1.44 bits per heavy atom. The maximum atomic E-state index is 11.9. The molecule has 0 aliphatic carbocycles. The lowest BCUT2D eigenvalue weighted by molar-refractivity contribution is -0.251. The molecule has 0 spiro atoms. The maximum Gasteiger partial charge on any atom is 0.492 e. The number of hydrogen-bond donors (Lipinski definition) is 1. The van der Waals surface area contributed by atoms with Crippen LogP contribution in [-0.2, 0) is 9.63 Å². The molecule has 1 aliphatic heterocycles. The summed E-state index contributed by atoms with van der Waals surface area (Å²) in [5, 5.41) is 3.95. The average Bonchev–Trinajstić information content (AvgIpc) is 2.26. The summed E-state index contributed by atoms with van der Waals surface area (Å²) in [5.74, 6) is -1.57. The van der Waals surface area contributed by atoms with Crippen molar-refractivity contribution in [3.63, 3.8) is 0 Å². The molecular weight excluding hydrogens is 251 g/mol. The fourth-order valence-electron chi connectivity index (χ4n) is 1.43. The van der Waals surface area contributed by atoms with Gasteiger partial charge in [0.25, 0.3) is 0 Å². The largest absolute Gasteiger partial charge is 0.492 e. The summed E-state index contributed by atoms with van der Waals surface area (Å²) >= 11 is 0. The van der Waals surface area contributed by atoms with Gasteiger partial charge in [-0.2, -0.15) is 13.2 Å². The van der Waals surface area contributed by atoms with E-state index in [1.807, 2.05) is 0 Å². The SMILES string of the molecule is O=C(ON1CC(Nc2ccccn2)C1)C(F)(F)F. The third kappa shape index (κ3) is 3.10. The van der Waals surface area contributed by atoms with Crippen LogP contribution in [0.25, 0.3) is 0 Å². The normalized spacial score (nSPS) is 17.1. The van der Waals surface area contributed by atoms with Crippen LogP contribution < -0.4 is 5.32 Å². The lowest BCUT2D eigenvalue weighted by atomic mass is 10.2. The Morgan fingerprint density at radius 3 is 2.72 bits per heavy atom. The first-order chi connectivity index (χ1) is 8.45.